The molecule has 0 spiro atoms. The normalized spacial score (nSPS) is 11.7. The second kappa shape index (κ2) is 6.59. The lowest BCUT2D eigenvalue weighted by Crippen LogP contribution is -2.39. The maximum Gasteiger partial charge on any atom is 0.334 e. The van der Waals surface area contributed by atoms with Gasteiger partial charge in [-0.3, -0.25) is 5.32 Å². The van der Waals surface area contributed by atoms with Gasteiger partial charge in [0.05, 0.1) is 13.7 Å². The minimum absolute atomic E-state index is 0.151. The van der Waals surface area contributed by atoms with E-state index in [1.807, 2.05) is 0 Å². The number of carboxylic acid groups (broad SMARTS) is 1. The Kier molecular flexibility index (Phi) is 5.12. The highest BCUT2D eigenvalue weighted by molar-refractivity contribution is 5.88. The monoisotopic (exact) mass is 272 g/mol. The zero-order valence-electron chi connectivity index (χ0n) is 10.8. The second-order valence-corrected chi connectivity index (χ2v) is 3.59. The fraction of sp³-hybridized carbons (Fsp3) is 0.500. The number of hydrogen-bond donors (Lipinski definition) is 3. The predicted molar refractivity (Wildman–Crippen MR) is 65.2 cm³/mol. The molecule has 3 N–H and O–H groups in total. The Balaban J connectivity index is 2.48. The summed E-state index contributed by atoms with van der Waals surface area (Å²) < 4.78 is 11.1. The van der Waals surface area contributed by atoms with Gasteiger partial charge in [-0.1, -0.05) is 0 Å². The van der Waals surface area contributed by atoms with Gasteiger partial charge in [0.1, 0.15) is 0 Å². The molecule has 9 nitrogen and oxygen atoms in total. The van der Waals surface area contributed by atoms with Gasteiger partial charge in [0.25, 0.3) is 0 Å². The van der Waals surface area contributed by atoms with Gasteiger partial charge in [0.2, 0.25) is 5.88 Å². The second-order valence-electron chi connectivity index (χ2n) is 3.59. The van der Waals surface area contributed by atoms with E-state index in [1.54, 1.807) is 7.05 Å². The first-order chi connectivity index (χ1) is 8.97. The maximum atomic E-state index is 11.5. The summed E-state index contributed by atoms with van der Waals surface area (Å²) in [6.07, 6.45) is -1.09. The Labute approximate surface area is 109 Å². The van der Waals surface area contributed by atoms with E-state index >= 15 is 0 Å². The largest absolute Gasteiger partial charge is 0.481 e. The molecule has 1 atom stereocenters. The van der Waals surface area contributed by atoms with Crippen LogP contribution < -0.4 is 15.4 Å². The summed E-state index contributed by atoms with van der Waals surface area (Å²) in [6.45, 7) is -0.151. The van der Waals surface area contributed by atoms with Gasteiger partial charge in [0, 0.05) is 20.2 Å². The number of methoxy groups -OCH3 is 2. The fourth-order valence-corrected chi connectivity index (χ4v) is 1.32. The first kappa shape index (κ1) is 14.8. The van der Waals surface area contributed by atoms with Gasteiger partial charge in [-0.15, -0.1) is 0 Å². The van der Waals surface area contributed by atoms with Crippen molar-refractivity contribution in [3.8, 4) is 5.88 Å². The molecular formula is C10H16N4O5. The molecule has 1 rings (SSSR count). The molecule has 0 aliphatic heterocycles. The third-order valence-corrected chi connectivity index (χ3v) is 2.30. The molecular weight excluding hydrogens is 256 g/mol. The van der Waals surface area contributed by atoms with E-state index in [0.717, 1.165) is 0 Å². The van der Waals surface area contributed by atoms with Crippen LogP contribution in [-0.4, -0.2) is 53.8 Å². The van der Waals surface area contributed by atoms with Crippen molar-refractivity contribution in [2.45, 2.75) is 6.10 Å². The number of nitrogens with one attached hydrogen (secondary N) is 2. The molecule has 0 saturated heterocycles. The SMILES string of the molecule is COc1cc(NC(=O)NCC(OC)C(=O)O)nn1C. The van der Waals surface area contributed by atoms with Crippen LogP contribution in [0.1, 0.15) is 0 Å². The van der Waals surface area contributed by atoms with Crippen LogP contribution in [-0.2, 0) is 16.6 Å². The Morgan fingerprint density at radius 2 is 2.21 bits per heavy atom. The van der Waals surface area contributed by atoms with Crippen LogP contribution in [0.5, 0.6) is 5.88 Å². The Morgan fingerprint density at radius 3 is 2.68 bits per heavy atom. The molecule has 9 heteroatoms. The van der Waals surface area contributed by atoms with E-state index < -0.39 is 18.1 Å². The summed E-state index contributed by atoms with van der Waals surface area (Å²) in [5.41, 5.74) is 0. The van der Waals surface area contributed by atoms with Gasteiger partial charge >= 0.3 is 12.0 Å². The molecule has 1 unspecified atom stereocenters. The van der Waals surface area contributed by atoms with Gasteiger partial charge in [0.15, 0.2) is 11.9 Å². The molecule has 106 valence electrons. The number of carbonyl (C=O) groups is 2. The Morgan fingerprint density at radius 1 is 1.53 bits per heavy atom. The van der Waals surface area contributed by atoms with Crippen LogP contribution in [0.4, 0.5) is 10.6 Å². The molecule has 1 aromatic rings. The lowest BCUT2D eigenvalue weighted by molar-refractivity contribution is -0.147. The van der Waals surface area contributed by atoms with Gasteiger partial charge in [-0.25, -0.2) is 14.3 Å². The highest BCUT2D eigenvalue weighted by atomic mass is 16.5. The average molecular weight is 272 g/mol. The third-order valence-electron chi connectivity index (χ3n) is 2.30. The van der Waals surface area contributed by atoms with Crippen LogP contribution in [0, 0.1) is 0 Å². The highest BCUT2D eigenvalue weighted by Crippen LogP contribution is 2.14. The number of carboxylic acids is 1. The van der Waals surface area contributed by atoms with Crippen LogP contribution in [0.2, 0.25) is 0 Å². The van der Waals surface area contributed by atoms with E-state index in [1.165, 1.54) is 25.0 Å². The molecule has 0 aliphatic carbocycles. The van der Waals surface area contributed by atoms with Gasteiger partial charge in [-0.2, -0.15) is 5.10 Å². The number of hydrogen-bond acceptors (Lipinski definition) is 5. The van der Waals surface area contributed by atoms with Crippen molar-refractivity contribution in [1.29, 1.82) is 0 Å². The lowest BCUT2D eigenvalue weighted by Gasteiger charge is -2.11. The summed E-state index contributed by atoms with van der Waals surface area (Å²) in [4.78, 5) is 22.2. The smallest absolute Gasteiger partial charge is 0.334 e. The molecule has 1 aromatic heterocycles. The summed E-state index contributed by atoms with van der Waals surface area (Å²) in [6, 6.07) is 0.953. The topological polar surface area (TPSA) is 115 Å². The molecule has 0 aliphatic rings. The van der Waals surface area contributed by atoms with Crippen LogP contribution in [0.25, 0.3) is 0 Å². The number of aliphatic carboxylic acids is 1. The first-order valence-corrected chi connectivity index (χ1v) is 5.36. The zero-order chi connectivity index (χ0) is 14.4. The van der Waals surface area contributed by atoms with Crippen molar-refractivity contribution in [3.63, 3.8) is 0 Å². The highest BCUT2D eigenvalue weighted by Gasteiger charge is 2.17. The van der Waals surface area contributed by atoms with Crippen LogP contribution >= 0.6 is 0 Å². The fourth-order valence-electron chi connectivity index (χ4n) is 1.32. The lowest BCUT2D eigenvalue weighted by atomic mass is 10.3. The standard InChI is InChI=1S/C10H16N4O5/c1-14-8(19-3)4-7(13-14)12-10(17)11-5-6(18-2)9(15)16/h4,6H,5H2,1-3H3,(H,15,16)(H2,11,12,13,17). The molecule has 19 heavy (non-hydrogen) atoms. The molecule has 0 radical (unpaired) electrons. The summed E-state index contributed by atoms with van der Waals surface area (Å²) in [5, 5.41) is 17.5. The van der Waals surface area contributed by atoms with E-state index in [-0.39, 0.29) is 6.54 Å². The van der Waals surface area contributed by atoms with E-state index in [0.29, 0.717) is 11.7 Å². The summed E-state index contributed by atoms with van der Waals surface area (Å²) in [5.74, 6) is -0.376. The van der Waals surface area contributed by atoms with Crippen molar-refractivity contribution in [3.05, 3.63) is 6.07 Å². The quantitative estimate of drug-likeness (QED) is 0.652. The maximum absolute atomic E-state index is 11.5. The number of aromatic nitrogens is 2. The summed E-state index contributed by atoms with van der Waals surface area (Å²) in [7, 11) is 4.40. The molecule has 0 fully saturated rings. The van der Waals surface area contributed by atoms with E-state index in [4.69, 9.17) is 9.84 Å². The van der Waals surface area contributed by atoms with Gasteiger partial charge < -0.3 is 19.9 Å². The number of rotatable bonds is 6. The number of anilines is 1. The van der Waals surface area contributed by atoms with Crippen molar-refractivity contribution in [2.24, 2.45) is 7.05 Å². The van der Waals surface area contributed by atoms with E-state index in [9.17, 15) is 9.59 Å². The van der Waals surface area contributed by atoms with Crippen LogP contribution in [0.3, 0.4) is 0 Å². The van der Waals surface area contributed by atoms with Crippen molar-refractivity contribution in [1.82, 2.24) is 15.1 Å². The van der Waals surface area contributed by atoms with E-state index in [2.05, 4.69) is 20.5 Å². The number of urea groups is 1. The number of nitrogens with zero attached hydrogens (tertiary/aromatic N) is 2. The minimum atomic E-state index is -1.15. The van der Waals surface area contributed by atoms with Crippen molar-refractivity contribution < 1.29 is 24.2 Å². The van der Waals surface area contributed by atoms with Crippen molar-refractivity contribution in [2.75, 3.05) is 26.1 Å². The minimum Gasteiger partial charge on any atom is -0.481 e. The van der Waals surface area contributed by atoms with Crippen molar-refractivity contribution >= 4 is 17.8 Å². The molecule has 2 amide bonds. The number of ether oxygens (including phenoxy) is 2. The summed E-state index contributed by atoms with van der Waals surface area (Å²) >= 11 is 0. The third kappa shape index (κ3) is 4.14. The Bertz CT molecular complexity index is 459. The molecule has 0 bridgehead atoms. The number of carbonyl (C=O) groups excluding carboxylic acids is 1. The molecule has 0 aromatic carbocycles. The number of aryl methyl sites for hydroxylation is 1. The van der Waals surface area contributed by atoms with Crippen LogP contribution in [0.15, 0.2) is 6.07 Å². The molecule has 1 heterocycles. The average Bonchev–Trinajstić information content (AvgIpc) is 2.69. The number of amides is 2. The predicted octanol–water partition coefficient (Wildman–Crippen LogP) is -0.350. The molecule has 0 saturated carbocycles. The first-order valence-electron chi connectivity index (χ1n) is 5.36. The zero-order valence-corrected chi connectivity index (χ0v) is 10.8. The Hall–Kier alpha value is -2.29. The van der Waals surface area contributed by atoms with Gasteiger partial charge in [-0.05, 0) is 0 Å².